The number of H-pyrrole nitrogens is 1. The molecule has 2 aromatic carbocycles. The molecule has 0 aliphatic carbocycles. The summed E-state index contributed by atoms with van der Waals surface area (Å²) in [4.78, 5) is 13.3. The van der Waals surface area contributed by atoms with Crippen LogP contribution in [0.1, 0.15) is 36.2 Å². The molecule has 7 heteroatoms. The van der Waals surface area contributed by atoms with Crippen molar-refractivity contribution in [3.05, 3.63) is 70.9 Å². The first-order valence-electron chi connectivity index (χ1n) is 12.6. The number of aromatic amines is 1. The van der Waals surface area contributed by atoms with E-state index in [9.17, 15) is 0 Å². The molecule has 7 nitrogen and oxygen atoms in total. The third-order valence-corrected chi connectivity index (χ3v) is 6.49. The second-order valence-corrected chi connectivity index (χ2v) is 9.90. The van der Waals surface area contributed by atoms with E-state index in [0.29, 0.717) is 11.7 Å². The van der Waals surface area contributed by atoms with Crippen molar-refractivity contribution in [2.75, 3.05) is 38.5 Å². The van der Waals surface area contributed by atoms with Crippen LogP contribution in [-0.2, 0) is 6.54 Å². The van der Waals surface area contributed by atoms with E-state index in [1.807, 2.05) is 12.1 Å². The maximum atomic E-state index is 4.85. The lowest BCUT2D eigenvalue weighted by Gasteiger charge is -2.32. The predicted molar refractivity (Wildman–Crippen MR) is 146 cm³/mol. The molecule has 1 aliphatic heterocycles. The van der Waals surface area contributed by atoms with Gasteiger partial charge in [-0.25, -0.2) is 4.98 Å². The first kappa shape index (κ1) is 24.0. The number of aryl methyl sites for hydroxylation is 1. The summed E-state index contributed by atoms with van der Waals surface area (Å²) in [5.74, 6) is 8.02. The summed E-state index contributed by atoms with van der Waals surface area (Å²) >= 11 is 0. The zero-order valence-corrected chi connectivity index (χ0v) is 21.5. The van der Waals surface area contributed by atoms with E-state index in [1.54, 1.807) is 0 Å². The molecule has 1 fully saturated rings. The fourth-order valence-electron chi connectivity index (χ4n) is 4.36. The summed E-state index contributed by atoms with van der Waals surface area (Å²) in [7, 11) is 2.19. The molecule has 0 radical (unpaired) electrons. The Morgan fingerprint density at radius 3 is 2.56 bits per heavy atom. The summed E-state index contributed by atoms with van der Waals surface area (Å²) in [6, 6.07) is 16.9. The van der Waals surface area contributed by atoms with Crippen LogP contribution in [0.15, 0.2) is 48.5 Å². The molecule has 4 aromatic rings. The molecule has 1 aliphatic rings. The summed E-state index contributed by atoms with van der Waals surface area (Å²) in [6.07, 6.45) is 0. The van der Waals surface area contributed by atoms with Crippen LogP contribution in [0, 0.1) is 18.8 Å². The minimum absolute atomic E-state index is 0.309. The van der Waals surface area contributed by atoms with Gasteiger partial charge in [0.25, 0.3) is 0 Å². The van der Waals surface area contributed by atoms with Crippen LogP contribution < -0.4 is 5.32 Å². The van der Waals surface area contributed by atoms with Gasteiger partial charge in [0.05, 0.1) is 11.0 Å². The number of nitrogens with zero attached hydrogens (tertiary/aromatic N) is 5. The van der Waals surface area contributed by atoms with Crippen molar-refractivity contribution < 1.29 is 0 Å². The maximum absolute atomic E-state index is 4.85. The first-order valence-corrected chi connectivity index (χ1v) is 12.6. The molecule has 0 saturated carbocycles. The second kappa shape index (κ2) is 10.5. The van der Waals surface area contributed by atoms with E-state index in [-0.39, 0.29) is 0 Å². The average Bonchev–Trinajstić information content (AvgIpc) is 3.29. The van der Waals surface area contributed by atoms with Crippen LogP contribution in [-0.4, -0.2) is 69.2 Å². The first-order chi connectivity index (χ1) is 17.4. The zero-order valence-electron chi connectivity index (χ0n) is 21.5. The number of anilines is 1. The van der Waals surface area contributed by atoms with E-state index in [1.165, 1.54) is 5.56 Å². The third-order valence-electron chi connectivity index (χ3n) is 6.49. The lowest BCUT2D eigenvalue weighted by atomic mass is 10.0. The van der Waals surface area contributed by atoms with Crippen molar-refractivity contribution in [1.29, 1.82) is 0 Å². The van der Waals surface area contributed by atoms with Crippen molar-refractivity contribution in [3.8, 4) is 23.2 Å². The molecule has 3 heterocycles. The number of piperazine rings is 1. The fraction of sp³-hybridized carbons (Fsp3) is 0.345. The van der Waals surface area contributed by atoms with Crippen molar-refractivity contribution in [1.82, 2.24) is 30.0 Å². The van der Waals surface area contributed by atoms with Crippen molar-refractivity contribution in [2.45, 2.75) is 33.4 Å². The summed E-state index contributed by atoms with van der Waals surface area (Å²) < 4.78 is 0. The normalized spacial score (nSPS) is 14.7. The van der Waals surface area contributed by atoms with Crippen LogP contribution in [0.2, 0.25) is 0 Å². The standard InChI is InChI=1S/C29H33N7/c1-20(2)30-28-12-10-25(33-34-28)9-8-23-18-24(7-5-21(23)3)29-31-26-11-6-22(17-27(26)32-29)19-36-15-13-35(4)14-16-36/h5-7,10-12,17-18,20H,13-16,19H2,1-4H3,(H,30,34)(H,31,32). The molecule has 1 saturated heterocycles. The number of imidazole rings is 1. The third kappa shape index (κ3) is 5.73. The van der Waals surface area contributed by atoms with E-state index in [0.717, 1.165) is 72.1 Å². The molecule has 0 bridgehead atoms. The highest BCUT2D eigenvalue weighted by Gasteiger charge is 2.14. The van der Waals surface area contributed by atoms with Gasteiger partial charge in [-0.3, -0.25) is 4.90 Å². The highest BCUT2D eigenvalue weighted by atomic mass is 15.2. The highest BCUT2D eigenvalue weighted by molar-refractivity contribution is 5.80. The van der Waals surface area contributed by atoms with Crippen molar-refractivity contribution in [3.63, 3.8) is 0 Å². The Labute approximate surface area is 213 Å². The summed E-state index contributed by atoms with van der Waals surface area (Å²) in [5.41, 5.74) is 7.09. The number of hydrogen-bond acceptors (Lipinski definition) is 6. The molecule has 0 atom stereocenters. The quantitative estimate of drug-likeness (QED) is 0.416. The van der Waals surface area contributed by atoms with Crippen LogP contribution in [0.25, 0.3) is 22.4 Å². The van der Waals surface area contributed by atoms with Gasteiger partial charge in [0.1, 0.15) is 17.3 Å². The second-order valence-electron chi connectivity index (χ2n) is 9.90. The van der Waals surface area contributed by atoms with Crippen LogP contribution in [0.5, 0.6) is 0 Å². The Kier molecular flexibility index (Phi) is 6.99. The largest absolute Gasteiger partial charge is 0.366 e. The highest BCUT2D eigenvalue weighted by Crippen LogP contribution is 2.24. The minimum atomic E-state index is 0.309. The SMILES string of the molecule is Cc1ccc(-c2nc3ccc(CN4CCN(C)CC4)cc3[nH]2)cc1C#Cc1ccc(NC(C)C)nn1. The maximum Gasteiger partial charge on any atom is 0.148 e. The van der Waals surface area contributed by atoms with E-state index < -0.39 is 0 Å². The zero-order chi connectivity index (χ0) is 25.1. The molecule has 0 spiro atoms. The van der Waals surface area contributed by atoms with Gasteiger partial charge in [-0.15, -0.1) is 10.2 Å². The Morgan fingerprint density at radius 2 is 1.81 bits per heavy atom. The average molecular weight is 480 g/mol. The fourth-order valence-corrected chi connectivity index (χ4v) is 4.36. The van der Waals surface area contributed by atoms with Crippen LogP contribution >= 0.6 is 0 Å². The molecule has 2 aromatic heterocycles. The van der Waals surface area contributed by atoms with Crippen molar-refractivity contribution >= 4 is 16.9 Å². The molecule has 2 N–H and O–H groups in total. The molecular weight excluding hydrogens is 446 g/mol. The van der Waals surface area contributed by atoms with Crippen molar-refractivity contribution in [2.24, 2.45) is 0 Å². The lowest BCUT2D eigenvalue weighted by Crippen LogP contribution is -2.43. The van der Waals surface area contributed by atoms with Gasteiger partial charge in [0.15, 0.2) is 0 Å². The summed E-state index contributed by atoms with van der Waals surface area (Å²) in [6.45, 7) is 11.7. The number of aromatic nitrogens is 4. The van der Waals surface area contributed by atoms with Gasteiger partial charge in [0, 0.05) is 49.9 Å². The van der Waals surface area contributed by atoms with E-state index >= 15 is 0 Å². The molecule has 5 rings (SSSR count). The van der Waals surface area contributed by atoms with E-state index in [2.05, 4.69) is 106 Å². The smallest absolute Gasteiger partial charge is 0.148 e. The lowest BCUT2D eigenvalue weighted by molar-refractivity contribution is 0.148. The number of hydrogen-bond donors (Lipinski definition) is 2. The number of likely N-dealkylation sites (N-methyl/N-ethyl adjacent to an activating group) is 1. The van der Waals surface area contributed by atoms with Gasteiger partial charge in [-0.1, -0.05) is 24.1 Å². The number of benzene rings is 2. The van der Waals surface area contributed by atoms with Gasteiger partial charge < -0.3 is 15.2 Å². The van der Waals surface area contributed by atoms with Gasteiger partial charge in [-0.2, -0.15) is 0 Å². The van der Waals surface area contributed by atoms with Gasteiger partial charge >= 0.3 is 0 Å². The van der Waals surface area contributed by atoms with Crippen LogP contribution in [0.4, 0.5) is 5.82 Å². The number of nitrogens with one attached hydrogen (secondary N) is 2. The molecule has 184 valence electrons. The molecule has 0 unspecified atom stereocenters. The van der Waals surface area contributed by atoms with Crippen LogP contribution in [0.3, 0.4) is 0 Å². The summed E-state index contributed by atoms with van der Waals surface area (Å²) in [5, 5.41) is 11.7. The Morgan fingerprint density at radius 1 is 0.972 bits per heavy atom. The number of fused-ring (bicyclic) bond motifs is 1. The minimum Gasteiger partial charge on any atom is -0.366 e. The van der Waals surface area contributed by atoms with Gasteiger partial charge in [0.2, 0.25) is 0 Å². The Balaban J connectivity index is 1.34. The Hall–Kier alpha value is -3.73. The molecule has 0 amide bonds. The molecular formula is C29H33N7. The monoisotopic (exact) mass is 479 g/mol. The number of rotatable bonds is 5. The topological polar surface area (TPSA) is 73.0 Å². The van der Waals surface area contributed by atoms with Gasteiger partial charge in [-0.05, 0) is 75.2 Å². The predicted octanol–water partition coefficient (Wildman–Crippen LogP) is 4.30. The molecule has 36 heavy (non-hydrogen) atoms. The Bertz CT molecular complexity index is 1400. The van der Waals surface area contributed by atoms with E-state index in [4.69, 9.17) is 4.98 Å².